The Labute approximate surface area is 72.5 Å². The van der Waals surface area contributed by atoms with E-state index < -0.39 is 18.0 Å². The van der Waals surface area contributed by atoms with Gasteiger partial charge in [-0.1, -0.05) is 0 Å². The molecule has 1 aliphatic heterocycles. The number of alkyl halides is 3. The Hall–Kier alpha value is -1.07. The molecule has 1 fully saturated rings. The number of rotatable bonds is 0. The molecule has 74 valence electrons. The minimum absolute atomic E-state index is 0.0296. The van der Waals surface area contributed by atoms with Crippen LogP contribution < -0.4 is 0 Å². The Morgan fingerprint density at radius 2 is 1.92 bits per heavy atom. The van der Waals surface area contributed by atoms with Crippen LogP contribution in [0.2, 0.25) is 0 Å². The summed E-state index contributed by atoms with van der Waals surface area (Å²) in [4.78, 5) is 21.8. The van der Waals surface area contributed by atoms with E-state index in [9.17, 15) is 22.8 Å². The molecular weight excluding hydrogens is 187 g/mol. The van der Waals surface area contributed by atoms with Gasteiger partial charge in [-0.05, 0) is 12.8 Å². The molecule has 0 aliphatic carbocycles. The summed E-state index contributed by atoms with van der Waals surface area (Å²) in [5.41, 5.74) is 0. The molecular formula is C7H8F3NO2. The molecule has 6 heteroatoms. The van der Waals surface area contributed by atoms with Gasteiger partial charge in [-0.2, -0.15) is 13.2 Å². The summed E-state index contributed by atoms with van der Waals surface area (Å²) >= 11 is 0. The average molecular weight is 195 g/mol. The Balaban J connectivity index is 2.70. The number of likely N-dealkylation sites (tertiary alicyclic amines) is 1. The lowest BCUT2D eigenvalue weighted by Gasteiger charge is -2.25. The number of carbonyl (C=O) groups is 2. The molecule has 1 heterocycles. The normalized spacial score (nSPS) is 19.0. The van der Waals surface area contributed by atoms with Crippen LogP contribution in [0.15, 0.2) is 0 Å². The standard InChI is InChI=1S/C7H8F3NO2/c8-7(9,10)6(13)11-4-2-1-3-5(11)12/h1-4H2. The van der Waals surface area contributed by atoms with E-state index in [1.54, 1.807) is 0 Å². The maximum atomic E-state index is 11.9. The number of piperidine rings is 1. The van der Waals surface area contributed by atoms with E-state index in [0.29, 0.717) is 12.8 Å². The first kappa shape index (κ1) is 10.0. The fourth-order valence-corrected chi connectivity index (χ4v) is 1.17. The Morgan fingerprint density at radius 3 is 2.38 bits per heavy atom. The molecule has 0 unspecified atom stereocenters. The maximum absolute atomic E-state index is 11.9. The van der Waals surface area contributed by atoms with Crippen molar-refractivity contribution in [1.82, 2.24) is 4.90 Å². The highest BCUT2D eigenvalue weighted by Crippen LogP contribution is 2.21. The zero-order chi connectivity index (χ0) is 10.1. The molecule has 0 N–H and O–H groups in total. The lowest BCUT2D eigenvalue weighted by atomic mass is 10.1. The lowest BCUT2D eigenvalue weighted by molar-refractivity contribution is -0.188. The summed E-state index contributed by atoms with van der Waals surface area (Å²) in [6.07, 6.45) is -3.90. The SMILES string of the molecule is O=C1CCCCN1C(=O)C(F)(F)F. The van der Waals surface area contributed by atoms with E-state index in [0.717, 1.165) is 0 Å². The molecule has 0 radical (unpaired) electrons. The highest BCUT2D eigenvalue weighted by Gasteiger charge is 2.44. The van der Waals surface area contributed by atoms with Gasteiger partial charge < -0.3 is 0 Å². The van der Waals surface area contributed by atoms with Gasteiger partial charge in [0.05, 0.1) is 0 Å². The summed E-state index contributed by atoms with van der Waals surface area (Å²) < 4.78 is 35.6. The van der Waals surface area contributed by atoms with Crippen molar-refractivity contribution in [3.63, 3.8) is 0 Å². The van der Waals surface area contributed by atoms with E-state index >= 15 is 0 Å². The first-order valence-electron chi connectivity index (χ1n) is 3.84. The summed E-state index contributed by atoms with van der Waals surface area (Å²) in [6, 6.07) is 0. The molecule has 13 heavy (non-hydrogen) atoms. The topological polar surface area (TPSA) is 37.4 Å². The van der Waals surface area contributed by atoms with Gasteiger partial charge in [0.2, 0.25) is 5.91 Å². The molecule has 0 atom stereocenters. The summed E-state index contributed by atoms with van der Waals surface area (Å²) in [5.74, 6) is -2.77. The molecule has 1 rings (SSSR count). The van der Waals surface area contributed by atoms with E-state index in [1.165, 1.54) is 0 Å². The highest BCUT2D eigenvalue weighted by molar-refractivity contribution is 5.98. The quantitative estimate of drug-likeness (QED) is 0.580. The third-order valence-electron chi connectivity index (χ3n) is 1.81. The van der Waals surface area contributed by atoms with Crippen molar-refractivity contribution in [2.75, 3.05) is 6.54 Å². The number of amides is 2. The van der Waals surface area contributed by atoms with Crippen molar-refractivity contribution in [2.24, 2.45) is 0 Å². The smallest absolute Gasteiger partial charge is 0.275 e. The lowest BCUT2D eigenvalue weighted by Crippen LogP contribution is -2.46. The van der Waals surface area contributed by atoms with Crippen molar-refractivity contribution >= 4 is 11.8 Å². The highest BCUT2D eigenvalue weighted by atomic mass is 19.4. The number of carbonyl (C=O) groups excluding carboxylic acids is 2. The van der Waals surface area contributed by atoms with Crippen LogP contribution in [0.1, 0.15) is 19.3 Å². The molecule has 3 nitrogen and oxygen atoms in total. The van der Waals surface area contributed by atoms with E-state index in [-0.39, 0.29) is 17.9 Å². The predicted octanol–water partition coefficient (Wildman–Crippen LogP) is 1.09. The third kappa shape index (κ3) is 2.19. The van der Waals surface area contributed by atoms with Gasteiger partial charge in [-0.25, -0.2) is 0 Å². The fourth-order valence-electron chi connectivity index (χ4n) is 1.17. The summed E-state index contributed by atoms with van der Waals surface area (Å²) in [6.45, 7) is -0.114. The maximum Gasteiger partial charge on any atom is 0.471 e. The first-order valence-corrected chi connectivity index (χ1v) is 3.84. The van der Waals surface area contributed by atoms with Gasteiger partial charge in [0, 0.05) is 13.0 Å². The zero-order valence-corrected chi connectivity index (χ0v) is 6.73. The van der Waals surface area contributed by atoms with Crippen LogP contribution in [-0.4, -0.2) is 29.4 Å². The monoisotopic (exact) mass is 195 g/mol. The minimum Gasteiger partial charge on any atom is -0.275 e. The van der Waals surface area contributed by atoms with Crippen LogP contribution in [0.25, 0.3) is 0 Å². The largest absolute Gasteiger partial charge is 0.471 e. The summed E-state index contributed by atoms with van der Waals surface area (Å²) in [7, 11) is 0. The van der Waals surface area contributed by atoms with Crippen molar-refractivity contribution < 1.29 is 22.8 Å². The Bertz CT molecular complexity index is 236. The van der Waals surface area contributed by atoms with Gasteiger partial charge >= 0.3 is 12.1 Å². The molecule has 0 aromatic rings. The third-order valence-corrected chi connectivity index (χ3v) is 1.81. The fraction of sp³-hybridized carbons (Fsp3) is 0.714. The molecule has 0 aromatic carbocycles. The predicted molar refractivity (Wildman–Crippen MR) is 36.6 cm³/mol. The van der Waals surface area contributed by atoms with Gasteiger partial charge in [0.1, 0.15) is 0 Å². The van der Waals surface area contributed by atoms with Crippen molar-refractivity contribution in [2.45, 2.75) is 25.4 Å². The Kier molecular flexibility index (Phi) is 2.58. The van der Waals surface area contributed by atoms with Crippen molar-refractivity contribution in [3.8, 4) is 0 Å². The van der Waals surface area contributed by atoms with Crippen LogP contribution in [0.3, 0.4) is 0 Å². The number of hydrogen-bond acceptors (Lipinski definition) is 2. The van der Waals surface area contributed by atoms with Crippen LogP contribution >= 0.6 is 0 Å². The van der Waals surface area contributed by atoms with Crippen LogP contribution in [0, 0.1) is 0 Å². The summed E-state index contributed by atoms with van der Waals surface area (Å²) in [5, 5.41) is 0. The van der Waals surface area contributed by atoms with E-state index in [1.807, 2.05) is 0 Å². The molecule has 1 aliphatic rings. The molecule has 0 aromatic heterocycles. The van der Waals surface area contributed by atoms with Crippen molar-refractivity contribution in [1.29, 1.82) is 0 Å². The van der Waals surface area contributed by atoms with Crippen LogP contribution in [-0.2, 0) is 9.59 Å². The van der Waals surface area contributed by atoms with Crippen LogP contribution in [0.5, 0.6) is 0 Å². The zero-order valence-electron chi connectivity index (χ0n) is 6.73. The number of halogens is 3. The van der Waals surface area contributed by atoms with Gasteiger partial charge in [0.15, 0.2) is 0 Å². The Morgan fingerprint density at radius 1 is 1.31 bits per heavy atom. The van der Waals surface area contributed by atoms with Gasteiger partial charge in [0.25, 0.3) is 0 Å². The molecule has 2 amide bonds. The number of imide groups is 1. The number of nitrogens with zero attached hydrogens (tertiary/aromatic N) is 1. The second-order valence-electron chi connectivity index (χ2n) is 2.81. The molecule has 0 spiro atoms. The van der Waals surface area contributed by atoms with Crippen LogP contribution in [0.4, 0.5) is 13.2 Å². The van der Waals surface area contributed by atoms with E-state index in [4.69, 9.17) is 0 Å². The molecule has 1 saturated heterocycles. The number of hydrogen-bond donors (Lipinski definition) is 0. The molecule has 0 bridgehead atoms. The van der Waals surface area contributed by atoms with E-state index in [2.05, 4.69) is 0 Å². The first-order chi connectivity index (χ1) is 5.93. The van der Waals surface area contributed by atoms with Gasteiger partial charge in [-0.3, -0.25) is 14.5 Å². The second kappa shape index (κ2) is 3.35. The molecule has 0 saturated carbocycles. The van der Waals surface area contributed by atoms with Gasteiger partial charge in [-0.15, -0.1) is 0 Å². The average Bonchev–Trinajstić information content (AvgIpc) is 2.02. The van der Waals surface area contributed by atoms with Crippen molar-refractivity contribution in [3.05, 3.63) is 0 Å². The second-order valence-corrected chi connectivity index (χ2v) is 2.81. The minimum atomic E-state index is -4.94.